The quantitative estimate of drug-likeness (QED) is 0.894. The second-order valence-electron chi connectivity index (χ2n) is 4.54. The third-order valence-electron chi connectivity index (χ3n) is 2.94. The molecule has 5 nitrogen and oxygen atoms in total. The van der Waals surface area contributed by atoms with Crippen LogP contribution in [0.15, 0.2) is 22.7 Å². The van der Waals surface area contributed by atoms with Crippen molar-refractivity contribution in [1.29, 1.82) is 0 Å². The molecule has 1 saturated heterocycles. The lowest BCUT2D eigenvalue weighted by atomic mass is 10.1. The Hall–Kier alpha value is -1.40. The van der Waals surface area contributed by atoms with E-state index in [1.165, 1.54) is 12.1 Å². The minimum Gasteiger partial charge on any atom is -0.478 e. The minimum atomic E-state index is -1.04. The van der Waals surface area contributed by atoms with E-state index in [9.17, 15) is 9.59 Å². The van der Waals surface area contributed by atoms with Crippen LogP contribution in [0.5, 0.6) is 0 Å². The van der Waals surface area contributed by atoms with Gasteiger partial charge in [0.25, 0.3) is 5.91 Å². The van der Waals surface area contributed by atoms with Gasteiger partial charge in [0.2, 0.25) is 0 Å². The first-order valence-corrected chi connectivity index (χ1v) is 6.75. The molecule has 2 unspecified atom stereocenters. The van der Waals surface area contributed by atoms with Crippen LogP contribution in [0, 0.1) is 0 Å². The van der Waals surface area contributed by atoms with Crippen LogP contribution in [0.25, 0.3) is 0 Å². The molecule has 6 heteroatoms. The number of amides is 1. The van der Waals surface area contributed by atoms with Crippen LogP contribution in [0.3, 0.4) is 0 Å². The predicted octanol–water partition coefficient (Wildman–Crippen LogP) is 2.65. The first-order chi connectivity index (χ1) is 8.95. The molecule has 1 heterocycles. The maximum atomic E-state index is 12.0. The molecule has 0 spiro atoms. The minimum absolute atomic E-state index is 0.0906. The average molecular weight is 328 g/mol. The Labute approximate surface area is 119 Å². The summed E-state index contributed by atoms with van der Waals surface area (Å²) in [6, 6.07) is 4.55. The number of ether oxygens (including phenoxy) is 1. The van der Waals surface area contributed by atoms with Gasteiger partial charge >= 0.3 is 5.97 Å². The number of carboxylic acid groups (broad SMARTS) is 1. The third-order valence-corrected chi connectivity index (χ3v) is 3.39. The van der Waals surface area contributed by atoms with Gasteiger partial charge < -0.3 is 15.2 Å². The number of benzene rings is 1. The van der Waals surface area contributed by atoms with E-state index in [0.29, 0.717) is 16.6 Å². The van der Waals surface area contributed by atoms with E-state index in [2.05, 4.69) is 21.2 Å². The van der Waals surface area contributed by atoms with Crippen molar-refractivity contribution in [3.8, 4) is 0 Å². The standard InChI is InChI=1S/C13H14BrNO4/c1-7-2-3-11(19-7)12(16)15-10-5-8(13(17)18)4-9(14)6-10/h4-7,11H,2-3H2,1H3,(H,15,16)(H,17,18). The van der Waals surface area contributed by atoms with E-state index < -0.39 is 12.1 Å². The lowest BCUT2D eigenvalue weighted by molar-refractivity contribution is -0.126. The third kappa shape index (κ3) is 3.54. The number of aromatic carboxylic acids is 1. The zero-order valence-corrected chi connectivity index (χ0v) is 11.9. The van der Waals surface area contributed by atoms with Crippen molar-refractivity contribution in [3.63, 3.8) is 0 Å². The molecule has 0 aliphatic carbocycles. The van der Waals surface area contributed by atoms with Crippen LogP contribution >= 0.6 is 15.9 Å². The zero-order chi connectivity index (χ0) is 14.0. The van der Waals surface area contributed by atoms with E-state index in [-0.39, 0.29) is 17.6 Å². The largest absolute Gasteiger partial charge is 0.478 e. The van der Waals surface area contributed by atoms with Gasteiger partial charge in [-0.05, 0) is 38.0 Å². The van der Waals surface area contributed by atoms with Gasteiger partial charge in [0, 0.05) is 10.2 Å². The van der Waals surface area contributed by atoms with E-state index in [1.807, 2.05) is 6.92 Å². The Bertz CT molecular complexity index is 517. The van der Waals surface area contributed by atoms with Crippen molar-refractivity contribution in [2.24, 2.45) is 0 Å². The van der Waals surface area contributed by atoms with Crippen molar-refractivity contribution in [1.82, 2.24) is 0 Å². The maximum absolute atomic E-state index is 12.0. The monoisotopic (exact) mass is 327 g/mol. The van der Waals surface area contributed by atoms with E-state index in [1.54, 1.807) is 6.07 Å². The first-order valence-electron chi connectivity index (χ1n) is 5.96. The van der Waals surface area contributed by atoms with Gasteiger partial charge in [0.05, 0.1) is 11.7 Å². The summed E-state index contributed by atoms with van der Waals surface area (Å²) in [7, 11) is 0. The Kier molecular flexibility index (Phi) is 4.21. The number of carbonyl (C=O) groups is 2. The Morgan fingerprint density at radius 1 is 1.37 bits per heavy atom. The van der Waals surface area contributed by atoms with Crippen molar-refractivity contribution in [2.75, 3.05) is 5.32 Å². The molecule has 2 rings (SSSR count). The summed E-state index contributed by atoms with van der Waals surface area (Å²) in [6.45, 7) is 1.93. The molecule has 0 bridgehead atoms. The number of hydrogen-bond acceptors (Lipinski definition) is 3. The van der Waals surface area contributed by atoms with Crippen LogP contribution in [-0.4, -0.2) is 29.2 Å². The fourth-order valence-electron chi connectivity index (χ4n) is 2.00. The molecule has 1 aromatic carbocycles. The van der Waals surface area contributed by atoms with Crippen molar-refractivity contribution in [2.45, 2.75) is 32.0 Å². The van der Waals surface area contributed by atoms with Crippen LogP contribution in [-0.2, 0) is 9.53 Å². The summed E-state index contributed by atoms with van der Waals surface area (Å²) >= 11 is 3.22. The average Bonchev–Trinajstić information content (AvgIpc) is 2.75. The van der Waals surface area contributed by atoms with Crippen molar-refractivity contribution >= 4 is 33.5 Å². The van der Waals surface area contributed by atoms with Crippen LogP contribution < -0.4 is 5.32 Å². The molecular formula is C13H14BrNO4. The molecule has 1 amide bonds. The zero-order valence-electron chi connectivity index (χ0n) is 10.4. The Morgan fingerprint density at radius 2 is 2.11 bits per heavy atom. The highest BCUT2D eigenvalue weighted by molar-refractivity contribution is 9.10. The van der Waals surface area contributed by atoms with Crippen LogP contribution in [0.1, 0.15) is 30.1 Å². The lowest BCUT2D eigenvalue weighted by Gasteiger charge is -2.12. The van der Waals surface area contributed by atoms with Gasteiger partial charge in [-0.3, -0.25) is 4.79 Å². The molecule has 2 atom stereocenters. The SMILES string of the molecule is CC1CCC(C(=O)Nc2cc(Br)cc(C(=O)O)c2)O1. The molecule has 1 fully saturated rings. The van der Waals surface area contributed by atoms with Gasteiger partial charge in [-0.1, -0.05) is 15.9 Å². The van der Waals surface area contributed by atoms with E-state index in [0.717, 1.165) is 6.42 Å². The van der Waals surface area contributed by atoms with Gasteiger partial charge in [-0.15, -0.1) is 0 Å². The Morgan fingerprint density at radius 3 is 2.68 bits per heavy atom. The summed E-state index contributed by atoms with van der Waals surface area (Å²) in [5, 5.41) is 11.6. The summed E-state index contributed by atoms with van der Waals surface area (Å²) in [5.41, 5.74) is 0.560. The fraction of sp³-hybridized carbons (Fsp3) is 0.385. The fourth-order valence-corrected chi connectivity index (χ4v) is 2.50. The molecule has 0 aromatic heterocycles. The first kappa shape index (κ1) is 14.0. The number of carboxylic acids is 1. The highest BCUT2D eigenvalue weighted by atomic mass is 79.9. The number of anilines is 1. The van der Waals surface area contributed by atoms with Crippen LogP contribution in [0.2, 0.25) is 0 Å². The topological polar surface area (TPSA) is 75.6 Å². The molecule has 1 aromatic rings. The number of rotatable bonds is 3. The van der Waals surface area contributed by atoms with Gasteiger partial charge in [-0.25, -0.2) is 4.79 Å². The second kappa shape index (κ2) is 5.71. The van der Waals surface area contributed by atoms with Crippen molar-refractivity contribution < 1.29 is 19.4 Å². The molecule has 2 N–H and O–H groups in total. The molecule has 1 aliphatic heterocycles. The van der Waals surface area contributed by atoms with E-state index in [4.69, 9.17) is 9.84 Å². The summed E-state index contributed by atoms with van der Waals surface area (Å²) in [4.78, 5) is 22.9. The number of halogens is 1. The van der Waals surface area contributed by atoms with Gasteiger partial charge in [0.15, 0.2) is 0 Å². The molecule has 19 heavy (non-hydrogen) atoms. The smallest absolute Gasteiger partial charge is 0.335 e. The second-order valence-corrected chi connectivity index (χ2v) is 5.45. The molecule has 1 aliphatic rings. The molecule has 0 saturated carbocycles. The number of nitrogens with one attached hydrogen (secondary N) is 1. The highest BCUT2D eigenvalue weighted by Gasteiger charge is 2.28. The molecular weight excluding hydrogens is 314 g/mol. The molecule has 102 valence electrons. The summed E-state index contributed by atoms with van der Waals surface area (Å²) in [6.07, 6.45) is 1.18. The van der Waals surface area contributed by atoms with E-state index >= 15 is 0 Å². The van der Waals surface area contributed by atoms with Gasteiger partial charge in [-0.2, -0.15) is 0 Å². The highest BCUT2D eigenvalue weighted by Crippen LogP contribution is 2.23. The number of carbonyl (C=O) groups excluding carboxylic acids is 1. The summed E-state index contributed by atoms with van der Waals surface area (Å²) < 4.78 is 6.06. The molecule has 0 radical (unpaired) electrons. The van der Waals surface area contributed by atoms with Gasteiger partial charge in [0.1, 0.15) is 6.10 Å². The Balaban J connectivity index is 2.10. The maximum Gasteiger partial charge on any atom is 0.335 e. The predicted molar refractivity (Wildman–Crippen MR) is 73.3 cm³/mol. The normalized spacial score (nSPS) is 22.2. The summed E-state index contributed by atoms with van der Waals surface area (Å²) in [5.74, 6) is -1.28. The van der Waals surface area contributed by atoms with Crippen LogP contribution in [0.4, 0.5) is 5.69 Å². The number of hydrogen-bond donors (Lipinski definition) is 2. The lowest BCUT2D eigenvalue weighted by Crippen LogP contribution is -2.27. The van der Waals surface area contributed by atoms with Crippen molar-refractivity contribution in [3.05, 3.63) is 28.2 Å².